The maximum Gasteiger partial charge on any atom is 0.0540 e. The monoisotopic (exact) mass is 175 g/mol. The number of rotatable bonds is 0. The molecular formula is C10H13N3. The zero-order valence-electron chi connectivity index (χ0n) is 7.38. The summed E-state index contributed by atoms with van der Waals surface area (Å²) in [6.07, 6.45) is 0. The highest BCUT2D eigenvalue weighted by atomic mass is 15.4. The smallest absolute Gasteiger partial charge is 0.0540 e. The molecule has 2 aliphatic heterocycles. The molecule has 1 saturated heterocycles. The van der Waals surface area contributed by atoms with Crippen molar-refractivity contribution >= 4 is 5.69 Å². The van der Waals surface area contributed by atoms with Gasteiger partial charge in [-0.2, -0.15) is 0 Å². The van der Waals surface area contributed by atoms with Crippen LogP contribution in [0, 0.1) is 5.92 Å². The summed E-state index contributed by atoms with van der Waals surface area (Å²) < 4.78 is 0. The van der Waals surface area contributed by atoms with E-state index in [-0.39, 0.29) is 0 Å². The minimum Gasteiger partial charge on any atom is -0.384 e. The number of hydrazine groups is 1. The molecule has 68 valence electrons. The Morgan fingerprint density at radius 3 is 3.08 bits per heavy atom. The molecule has 0 radical (unpaired) electrons. The standard InChI is InChI=1S/C10H13N3/c1-2-4-9-8(3-1)10-7(5-11-9)6-12-13-10/h1-4,7,10-13H,5-6H2. The Morgan fingerprint density at radius 1 is 1.15 bits per heavy atom. The van der Waals surface area contributed by atoms with E-state index in [1.54, 1.807) is 0 Å². The Balaban J connectivity index is 2.06. The minimum absolute atomic E-state index is 0.498. The molecule has 2 heterocycles. The Bertz CT molecular complexity index is 324. The van der Waals surface area contributed by atoms with E-state index in [2.05, 4.69) is 40.4 Å². The van der Waals surface area contributed by atoms with Crippen molar-refractivity contribution in [1.29, 1.82) is 0 Å². The fraction of sp³-hybridized carbons (Fsp3) is 0.400. The fourth-order valence-corrected chi connectivity index (χ4v) is 2.23. The van der Waals surface area contributed by atoms with Crippen LogP contribution in [0.4, 0.5) is 5.69 Å². The van der Waals surface area contributed by atoms with Gasteiger partial charge in [-0.15, -0.1) is 0 Å². The first-order valence-corrected chi connectivity index (χ1v) is 4.76. The zero-order chi connectivity index (χ0) is 8.67. The quantitative estimate of drug-likeness (QED) is 0.547. The molecule has 0 aliphatic carbocycles. The summed E-state index contributed by atoms with van der Waals surface area (Å²) in [5.41, 5.74) is 9.21. The normalized spacial score (nSPS) is 30.5. The second-order valence-corrected chi connectivity index (χ2v) is 3.73. The van der Waals surface area contributed by atoms with Crippen molar-refractivity contribution in [2.75, 3.05) is 18.4 Å². The van der Waals surface area contributed by atoms with Crippen LogP contribution in [0.2, 0.25) is 0 Å². The summed E-state index contributed by atoms with van der Waals surface area (Å²) >= 11 is 0. The third kappa shape index (κ3) is 1.04. The van der Waals surface area contributed by atoms with E-state index >= 15 is 0 Å². The maximum absolute atomic E-state index is 3.45. The van der Waals surface area contributed by atoms with Crippen molar-refractivity contribution in [2.24, 2.45) is 5.92 Å². The molecule has 0 bridgehead atoms. The summed E-state index contributed by atoms with van der Waals surface area (Å²) in [4.78, 5) is 0. The van der Waals surface area contributed by atoms with E-state index < -0.39 is 0 Å². The van der Waals surface area contributed by atoms with E-state index in [1.165, 1.54) is 11.3 Å². The molecular weight excluding hydrogens is 162 g/mol. The summed E-state index contributed by atoms with van der Waals surface area (Å²) in [5.74, 6) is 0.690. The molecule has 0 saturated carbocycles. The van der Waals surface area contributed by atoms with Crippen LogP contribution < -0.4 is 16.2 Å². The first-order chi connectivity index (χ1) is 6.45. The first-order valence-electron chi connectivity index (χ1n) is 4.76. The molecule has 3 rings (SSSR count). The average Bonchev–Trinajstić information content (AvgIpc) is 2.65. The van der Waals surface area contributed by atoms with E-state index in [9.17, 15) is 0 Å². The topological polar surface area (TPSA) is 36.1 Å². The second kappa shape index (κ2) is 2.72. The predicted octanol–water partition coefficient (Wildman–Crippen LogP) is 0.877. The Hall–Kier alpha value is -1.06. The van der Waals surface area contributed by atoms with Gasteiger partial charge in [-0.05, 0) is 11.6 Å². The Morgan fingerprint density at radius 2 is 2.08 bits per heavy atom. The molecule has 1 aromatic rings. The average molecular weight is 175 g/mol. The highest BCUT2D eigenvalue weighted by molar-refractivity contribution is 5.55. The van der Waals surface area contributed by atoms with Gasteiger partial charge in [-0.25, -0.2) is 5.43 Å². The van der Waals surface area contributed by atoms with Crippen molar-refractivity contribution in [2.45, 2.75) is 6.04 Å². The third-order valence-corrected chi connectivity index (χ3v) is 2.94. The van der Waals surface area contributed by atoms with E-state index in [0.717, 1.165) is 13.1 Å². The summed E-state index contributed by atoms with van der Waals surface area (Å²) in [7, 11) is 0. The molecule has 1 aromatic carbocycles. The highest BCUT2D eigenvalue weighted by Gasteiger charge is 2.32. The number of fused-ring (bicyclic) bond motifs is 3. The zero-order valence-corrected chi connectivity index (χ0v) is 7.38. The Labute approximate surface area is 77.5 Å². The lowest BCUT2D eigenvalue weighted by molar-refractivity contribution is 0.480. The predicted molar refractivity (Wildman–Crippen MR) is 52.3 cm³/mol. The third-order valence-electron chi connectivity index (χ3n) is 2.94. The van der Waals surface area contributed by atoms with Crippen LogP contribution in [0.1, 0.15) is 11.6 Å². The van der Waals surface area contributed by atoms with Crippen LogP contribution in [0.25, 0.3) is 0 Å². The van der Waals surface area contributed by atoms with Gasteiger partial charge >= 0.3 is 0 Å². The fourth-order valence-electron chi connectivity index (χ4n) is 2.23. The molecule has 3 N–H and O–H groups in total. The summed E-state index contributed by atoms with van der Waals surface area (Å²) in [6.45, 7) is 2.13. The van der Waals surface area contributed by atoms with Gasteiger partial charge in [0, 0.05) is 24.7 Å². The number of hydrogen-bond acceptors (Lipinski definition) is 3. The van der Waals surface area contributed by atoms with Crippen LogP contribution >= 0.6 is 0 Å². The van der Waals surface area contributed by atoms with Gasteiger partial charge in [0.05, 0.1) is 6.04 Å². The molecule has 3 nitrogen and oxygen atoms in total. The second-order valence-electron chi connectivity index (χ2n) is 3.73. The Kier molecular flexibility index (Phi) is 1.54. The van der Waals surface area contributed by atoms with Crippen LogP contribution in [-0.4, -0.2) is 13.1 Å². The van der Waals surface area contributed by atoms with Gasteiger partial charge in [0.2, 0.25) is 0 Å². The lowest BCUT2D eigenvalue weighted by Crippen LogP contribution is -2.30. The van der Waals surface area contributed by atoms with Crippen LogP contribution in [0.3, 0.4) is 0 Å². The first kappa shape index (κ1) is 7.35. The number of hydrogen-bond donors (Lipinski definition) is 3. The van der Waals surface area contributed by atoms with Crippen molar-refractivity contribution < 1.29 is 0 Å². The van der Waals surface area contributed by atoms with E-state index in [4.69, 9.17) is 0 Å². The highest BCUT2D eigenvalue weighted by Crippen LogP contribution is 2.34. The lowest BCUT2D eigenvalue weighted by atomic mass is 9.90. The lowest BCUT2D eigenvalue weighted by Gasteiger charge is -2.28. The van der Waals surface area contributed by atoms with Crippen molar-refractivity contribution in [3.63, 3.8) is 0 Å². The SMILES string of the molecule is c1ccc2c(c1)NCC1CNNC21. The minimum atomic E-state index is 0.498. The number of para-hydroxylation sites is 1. The van der Waals surface area contributed by atoms with Crippen LogP contribution in [-0.2, 0) is 0 Å². The van der Waals surface area contributed by atoms with Crippen LogP contribution in [0.5, 0.6) is 0 Å². The van der Waals surface area contributed by atoms with Gasteiger partial charge in [0.1, 0.15) is 0 Å². The van der Waals surface area contributed by atoms with Crippen LogP contribution in [0.15, 0.2) is 24.3 Å². The van der Waals surface area contributed by atoms with Gasteiger partial charge < -0.3 is 5.32 Å². The molecule has 2 aliphatic rings. The summed E-state index contributed by atoms with van der Waals surface area (Å²) in [6, 6.07) is 9.01. The number of anilines is 1. The largest absolute Gasteiger partial charge is 0.384 e. The van der Waals surface area contributed by atoms with Crippen molar-refractivity contribution in [3.05, 3.63) is 29.8 Å². The molecule has 0 spiro atoms. The van der Waals surface area contributed by atoms with Gasteiger partial charge in [-0.3, -0.25) is 5.43 Å². The maximum atomic E-state index is 3.45. The molecule has 3 heteroatoms. The summed E-state index contributed by atoms with van der Waals surface area (Å²) in [5, 5.41) is 3.45. The van der Waals surface area contributed by atoms with Gasteiger partial charge in [0.15, 0.2) is 0 Å². The molecule has 0 amide bonds. The molecule has 0 aromatic heterocycles. The molecule has 1 fully saturated rings. The molecule has 2 atom stereocenters. The van der Waals surface area contributed by atoms with E-state index in [0.29, 0.717) is 12.0 Å². The van der Waals surface area contributed by atoms with E-state index in [1.807, 2.05) is 0 Å². The van der Waals surface area contributed by atoms with Gasteiger partial charge in [0.25, 0.3) is 0 Å². The van der Waals surface area contributed by atoms with Gasteiger partial charge in [-0.1, -0.05) is 18.2 Å². The number of benzene rings is 1. The number of nitrogens with one attached hydrogen (secondary N) is 3. The molecule has 2 unspecified atom stereocenters. The molecule has 13 heavy (non-hydrogen) atoms. The van der Waals surface area contributed by atoms with Crippen molar-refractivity contribution in [1.82, 2.24) is 10.9 Å². The van der Waals surface area contributed by atoms with Crippen molar-refractivity contribution in [3.8, 4) is 0 Å².